The Morgan fingerprint density at radius 2 is 1.72 bits per heavy atom. The van der Waals surface area contributed by atoms with Gasteiger partial charge in [0.2, 0.25) is 0 Å². The van der Waals surface area contributed by atoms with Crippen molar-refractivity contribution in [3.8, 4) is 11.5 Å². The summed E-state index contributed by atoms with van der Waals surface area (Å²) in [6.07, 6.45) is 1.58. The molecule has 3 rings (SSSR count). The van der Waals surface area contributed by atoms with Crippen molar-refractivity contribution in [2.45, 2.75) is 46.6 Å². The van der Waals surface area contributed by atoms with Crippen LogP contribution >= 0.6 is 11.6 Å². The van der Waals surface area contributed by atoms with Crippen LogP contribution in [-0.2, 0) is 12.0 Å². The summed E-state index contributed by atoms with van der Waals surface area (Å²) in [7, 11) is 0. The van der Waals surface area contributed by atoms with Gasteiger partial charge in [-0.05, 0) is 77.4 Å². The van der Waals surface area contributed by atoms with E-state index in [1.807, 2.05) is 26.0 Å². The zero-order chi connectivity index (χ0) is 26.3. The topological polar surface area (TPSA) is 83.0 Å². The number of phenolic OH excluding ortho intramolecular Hbond substituents is 1. The van der Waals surface area contributed by atoms with E-state index in [1.54, 1.807) is 6.21 Å². The number of carbonyl (C=O) groups excluding carboxylic acids is 1. The molecular weight excluding hydrogens is 474 g/mol. The molecule has 0 aliphatic heterocycles. The monoisotopic (exact) mass is 507 g/mol. The Balaban J connectivity index is 1.47. The largest absolute Gasteiger partial charge is 0.506 e. The van der Waals surface area contributed by atoms with Crippen LogP contribution in [0.25, 0.3) is 0 Å². The highest BCUT2D eigenvalue weighted by atomic mass is 35.5. The standard InChI is InChI=1S/C29H34ClN3O3/c1-19-14-22(18-32-33-28(35)23-8-11-26(34)25(30)16-23)15-20(2)27(19)36-13-12-31-17-21-6-9-24(10-7-21)29(3,4)5/h6-11,14-16,18,31,34H,12-13,17H2,1-5H3,(H,33,35)/b32-18-. The normalized spacial score (nSPS) is 11.6. The van der Waals surface area contributed by atoms with Crippen molar-refractivity contribution in [3.05, 3.63) is 93.0 Å². The molecule has 3 aromatic rings. The predicted molar refractivity (Wildman–Crippen MR) is 146 cm³/mol. The van der Waals surface area contributed by atoms with Gasteiger partial charge >= 0.3 is 0 Å². The first kappa shape index (κ1) is 27.2. The molecule has 0 radical (unpaired) electrons. The van der Waals surface area contributed by atoms with E-state index in [0.29, 0.717) is 12.2 Å². The van der Waals surface area contributed by atoms with Crippen LogP contribution < -0.4 is 15.5 Å². The number of hydrazone groups is 1. The van der Waals surface area contributed by atoms with Gasteiger partial charge in [-0.15, -0.1) is 0 Å². The number of carbonyl (C=O) groups is 1. The molecule has 0 aliphatic rings. The second-order valence-corrected chi connectivity index (χ2v) is 10.2. The molecule has 0 fully saturated rings. The van der Waals surface area contributed by atoms with Gasteiger partial charge in [0.25, 0.3) is 5.91 Å². The first-order valence-corrected chi connectivity index (χ1v) is 12.3. The molecule has 6 nitrogen and oxygen atoms in total. The third kappa shape index (κ3) is 7.57. The fraction of sp³-hybridized carbons (Fsp3) is 0.310. The van der Waals surface area contributed by atoms with Crippen LogP contribution in [0.1, 0.15) is 58.9 Å². The number of benzene rings is 3. The van der Waals surface area contributed by atoms with Gasteiger partial charge in [-0.1, -0.05) is 56.6 Å². The maximum atomic E-state index is 12.2. The van der Waals surface area contributed by atoms with Gasteiger partial charge in [-0.2, -0.15) is 5.10 Å². The van der Waals surface area contributed by atoms with Crippen molar-refractivity contribution in [2.24, 2.45) is 5.10 Å². The summed E-state index contributed by atoms with van der Waals surface area (Å²) < 4.78 is 6.04. The van der Waals surface area contributed by atoms with Crippen molar-refractivity contribution in [2.75, 3.05) is 13.2 Å². The van der Waals surface area contributed by atoms with Crippen LogP contribution in [0.3, 0.4) is 0 Å². The first-order valence-electron chi connectivity index (χ1n) is 11.9. The first-order chi connectivity index (χ1) is 17.0. The zero-order valence-electron chi connectivity index (χ0n) is 21.5. The van der Waals surface area contributed by atoms with Crippen LogP contribution in [-0.4, -0.2) is 30.4 Å². The number of aryl methyl sites for hydroxylation is 2. The number of ether oxygens (including phenoxy) is 1. The van der Waals surface area contributed by atoms with Crippen molar-refractivity contribution in [3.63, 3.8) is 0 Å². The van der Waals surface area contributed by atoms with Crippen LogP contribution in [0.2, 0.25) is 5.02 Å². The number of hydrogen-bond donors (Lipinski definition) is 3. The number of halogens is 1. The number of nitrogens with zero attached hydrogens (tertiary/aromatic N) is 1. The minimum Gasteiger partial charge on any atom is -0.506 e. The summed E-state index contributed by atoms with van der Waals surface area (Å²) in [5, 5.41) is 17.1. The van der Waals surface area contributed by atoms with Crippen LogP contribution in [0.15, 0.2) is 59.7 Å². The lowest BCUT2D eigenvalue weighted by Gasteiger charge is -2.19. The average molecular weight is 508 g/mol. The Morgan fingerprint density at radius 3 is 2.33 bits per heavy atom. The van der Waals surface area contributed by atoms with Gasteiger partial charge in [-0.25, -0.2) is 5.43 Å². The Kier molecular flexibility index (Phi) is 9.13. The summed E-state index contributed by atoms with van der Waals surface area (Å²) in [6.45, 7) is 12.7. The quantitative estimate of drug-likeness (QED) is 0.191. The lowest BCUT2D eigenvalue weighted by molar-refractivity contribution is 0.0955. The van der Waals surface area contributed by atoms with Gasteiger partial charge < -0.3 is 15.2 Å². The molecule has 0 aliphatic carbocycles. The summed E-state index contributed by atoms with van der Waals surface area (Å²) in [6, 6.07) is 16.9. The smallest absolute Gasteiger partial charge is 0.271 e. The Morgan fingerprint density at radius 1 is 1.06 bits per heavy atom. The van der Waals surface area contributed by atoms with Crippen molar-refractivity contribution < 1.29 is 14.6 Å². The van der Waals surface area contributed by atoms with Gasteiger partial charge in [-0.3, -0.25) is 4.79 Å². The highest BCUT2D eigenvalue weighted by Crippen LogP contribution is 2.25. The summed E-state index contributed by atoms with van der Waals surface area (Å²) in [4.78, 5) is 12.2. The van der Waals surface area contributed by atoms with E-state index in [0.717, 1.165) is 35.5 Å². The Labute approximate surface area is 218 Å². The van der Waals surface area contributed by atoms with Gasteiger partial charge in [0, 0.05) is 18.7 Å². The van der Waals surface area contributed by atoms with Crippen LogP contribution in [0.5, 0.6) is 11.5 Å². The van der Waals surface area contributed by atoms with Gasteiger partial charge in [0.1, 0.15) is 18.1 Å². The molecule has 0 saturated heterocycles. The van der Waals surface area contributed by atoms with E-state index in [2.05, 4.69) is 60.9 Å². The average Bonchev–Trinajstić information content (AvgIpc) is 2.81. The molecule has 0 spiro atoms. The molecule has 0 aromatic heterocycles. The van der Waals surface area contributed by atoms with Crippen LogP contribution in [0, 0.1) is 13.8 Å². The second kappa shape index (κ2) is 12.1. The number of phenols is 1. The molecule has 3 aromatic carbocycles. The molecule has 3 N–H and O–H groups in total. The Hall–Kier alpha value is -3.35. The number of hydrogen-bond acceptors (Lipinski definition) is 5. The molecule has 190 valence electrons. The number of aromatic hydroxyl groups is 1. The highest BCUT2D eigenvalue weighted by Gasteiger charge is 2.13. The van der Waals surface area contributed by atoms with Gasteiger partial charge in [0.15, 0.2) is 0 Å². The summed E-state index contributed by atoms with van der Waals surface area (Å²) >= 11 is 5.85. The lowest BCUT2D eigenvalue weighted by Crippen LogP contribution is -2.21. The SMILES string of the molecule is Cc1cc(/C=N\NC(=O)c2ccc(O)c(Cl)c2)cc(C)c1OCCNCc1ccc(C(C)(C)C)cc1. The van der Waals surface area contributed by atoms with E-state index in [-0.39, 0.29) is 16.2 Å². The third-order valence-electron chi connectivity index (χ3n) is 5.75. The van der Waals surface area contributed by atoms with E-state index in [1.165, 1.54) is 29.3 Å². The molecule has 0 bridgehead atoms. The van der Waals surface area contributed by atoms with Crippen molar-refractivity contribution in [1.82, 2.24) is 10.7 Å². The van der Waals surface area contributed by atoms with E-state index in [4.69, 9.17) is 16.3 Å². The maximum Gasteiger partial charge on any atom is 0.271 e. The molecule has 0 atom stereocenters. The molecule has 0 heterocycles. The summed E-state index contributed by atoms with van der Waals surface area (Å²) in [5.74, 6) is 0.358. The van der Waals surface area contributed by atoms with Crippen molar-refractivity contribution >= 4 is 23.7 Å². The number of nitrogens with one attached hydrogen (secondary N) is 2. The van der Waals surface area contributed by atoms with E-state index in [9.17, 15) is 9.90 Å². The number of rotatable bonds is 9. The maximum absolute atomic E-state index is 12.2. The molecule has 0 unspecified atom stereocenters. The number of amides is 1. The lowest BCUT2D eigenvalue weighted by atomic mass is 9.87. The fourth-order valence-corrected chi connectivity index (χ4v) is 3.93. The molecular formula is C29H34ClN3O3. The zero-order valence-corrected chi connectivity index (χ0v) is 22.2. The fourth-order valence-electron chi connectivity index (χ4n) is 3.74. The second-order valence-electron chi connectivity index (χ2n) is 9.82. The molecule has 0 saturated carbocycles. The highest BCUT2D eigenvalue weighted by molar-refractivity contribution is 6.32. The predicted octanol–water partition coefficient (Wildman–Crippen LogP) is 5.89. The minimum absolute atomic E-state index is 0.0772. The molecule has 36 heavy (non-hydrogen) atoms. The van der Waals surface area contributed by atoms with Gasteiger partial charge in [0.05, 0.1) is 11.2 Å². The third-order valence-corrected chi connectivity index (χ3v) is 6.05. The summed E-state index contributed by atoms with van der Waals surface area (Å²) in [5.41, 5.74) is 8.35. The molecule has 7 heteroatoms. The minimum atomic E-state index is -0.417. The van der Waals surface area contributed by atoms with Crippen LogP contribution in [0.4, 0.5) is 0 Å². The Bertz CT molecular complexity index is 1210. The van der Waals surface area contributed by atoms with Crippen molar-refractivity contribution in [1.29, 1.82) is 0 Å². The van der Waals surface area contributed by atoms with E-state index < -0.39 is 5.91 Å². The van der Waals surface area contributed by atoms with E-state index >= 15 is 0 Å². The molecule has 1 amide bonds.